The number of hydrogen-bond donors (Lipinski definition) is 2. The summed E-state index contributed by atoms with van der Waals surface area (Å²) in [5, 5.41) is 19.9. The van der Waals surface area contributed by atoms with Gasteiger partial charge >= 0.3 is 5.97 Å². The van der Waals surface area contributed by atoms with Crippen molar-refractivity contribution in [3.05, 3.63) is 59.2 Å². The van der Waals surface area contributed by atoms with Crippen LogP contribution in [0.5, 0.6) is 11.5 Å². The first-order valence-corrected chi connectivity index (χ1v) is 8.77. The van der Waals surface area contributed by atoms with E-state index in [9.17, 15) is 15.0 Å². The van der Waals surface area contributed by atoms with E-state index in [2.05, 4.69) is 34.6 Å². The van der Waals surface area contributed by atoms with Gasteiger partial charge in [-0.05, 0) is 47.1 Å². The van der Waals surface area contributed by atoms with Crippen molar-refractivity contribution in [2.75, 3.05) is 0 Å². The van der Waals surface area contributed by atoms with Crippen LogP contribution >= 0.6 is 0 Å². The zero-order valence-electron chi connectivity index (χ0n) is 16.2. The predicted molar refractivity (Wildman–Crippen MR) is 103 cm³/mol. The van der Waals surface area contributed by atoms with E-state index in [1.807, 2.05) is 36.4 Å². The molecule has 2 aromatic rings. The number of phenols is 1. The number of ether oxygens (including phenoxy) is 1. The van der Waals surface area contributed by atoms with Crippen molar-refractivity contribution in [2.45, 2.75) is 53.1 Å². The highest BCUT2D eigenvalue weighted by atomic mass is 16.5. The summed E-state index contributed by atoms with van der Waals surface area (Å²) in [5.41, 5.74) is 1.12. The van der Waals surface area contributed by atoms with Gasteiger partial charge in [-0.1, -0.05) is 52.8 Å². The van der Waals surface area contributed by atoms with Crippen molar-refractivity contribution in [3.8, 4) is 11.5 Å². The summed E-state index contributed by atoms with van der Waals surface area (Å²) in [5.74, 6) is -0.705. The maximum Gasteiger partial charge on any atom is 0.339 e. The van der Waals surface area contributed by atoms with Crippen LogP contribution in [0.15, 0.2) is 42.5 Å². The standard InChI is InChI=1S/C22H28O4/c1-21(2,3)14-22(4,5)16-11-15(19(23)18(12-16)20(24)25)13-26-17-9-7-6-8-10-17/h6-12,23H,13-14H2,1-5H3,(H,24,25). The summed E-state index contributed by atoms with van der Waals surface area (Å²) >= 11 is 0. The second-order valence-electron chi connectivity index (χ2n) is 8.56. The van der Waals surface area contributed by atoms with Gasteiger partial charge in [-0.15, -0.1) is 0 Å². The molecule has 2 rings (SSSR count). The minimum atomic E-state index is -1.14. The fourth-order valence-electron chi connectivity index (χ4n) is 3.46. The van der Waals surface area contributed by atoms with Gasteiger partial charge in [0.25, 0.3) is 0 Å². The summed E-state index contributed by atoms with van der Waals surface area (Å²) in [4.78, 5) is 11.6. The molecule has 0 radical (unpaired) electrons. The Kier molecular flexibility index (Phi) is 5.65. The van der Waals surface area contributed by atoms with Crippen LogP contribution in [-0.4, -0.2) is 16.2 Å². The molecule has 140 valence electrons. The van der Waals surface area contributed by atoms with Gasteiger partial charge in [-0.2, -0.15) is 0 Å². The lowest BCUT2D eigenvalue weighted by molar-refractivity contribution is 0.0693. The lowest BCUT2D eigenvalue weighted by atomic mass is 9.71. The molecule has 4 heteroatoms. The van der Waals surface area contributed by atoms with Crippen LogP contribution in [0.2, 0.25) is 0 Å². The fraction of sp³-hybridized carbons (Fsp3) is 0.409. The van der Waals surface area contributed by atoms with Crippen molar-refractivity contribution in [2.24, 2.45) is 5.41 Å². The highest BCUT2D eigenvalue weighted by molar-refractivity contribution is 5.91. The monoisotopic (exact) mass is 356 g/mol. The first kappa shape index (κ1) is 19.8. The average molecular weight is 356 g/mol. The molecule has 0 heterocycles. The SMILES string of the molecule is CC(C)(C)CC(C)(C)c1cc(COc2ccccc2)c(O)c(C(=O)O)c1. The molecule has 0 aliphatic heterocycles. The highest BCUT2D eigenvalue weighted by Crippen LogP contribution is 2.39. The second kappa shape index (κ2) is 7.40. The maximum absolute atomic E-state index is 11.6. The van der Waals surface area contributed by atoms with E-state index in [4.69, 9.17) is 4.74 Å². The number of carboxylic acids is 1. The van der Waals surface area contributed by atoms with E-state index in [1.165, 1.54) is 0 Å². The van der Waals surface area contributed by atoms with Crippen LogP contribution < -0.4 is 4.74 Å². The van der Waals surface area contributed by atoms with E-state index >= 15 is 0 Å². The zero-order valence-corrected chi connectivity index (χ0v) is 16.2. The van der Waals surface area contributed by atoms with Gasteiger partial charge in [-0.25, -0.2) is 4.79 Å². The molecule has 0 aliphatic carbocycles. The molecule has 0 bridgehead atoms. The number of benzene rings is 2. The molecule has 0 atom stereocenters. The van der Waals surface area contributed by atoms with Crippen molar-refractivity contribution < 1.29 is 19.7 Å². The Balaban J connectivity index is 2.41. The molecule has 2 aromatic carbocycles. The Labute approximate surface area is 155 Å². The van der Waals surface area contributed by atoms with Crippen LogP contribution in [0.3, 0.4) is 0 Å². The third-order valence-electron chi connectivity index (χ3n) is 4.31. The lowest BCUT2D eigenvalue weighted by Gasteiger charge is -2.33. The number of aromatic hydroxyl groups is 1. The van der Waals surface area contributed by atoms with Crippen molar-refractivity contribution in [1.29, 1.82) is 0 Å². The van der Waals surface area contributed by atoms with Gasteiger partial charge in [0, 0.05) is 5.56 Å². The van der Waals surface area contributed by atoms with E-state index < -0.39 is 5.97 Å². The molecule has 0 aromatic heterocycles. The van der Waals surface area contributed by atoms with Gasteiger partial charge in [0.05, 0.1) is 0 Å². The molecule has 2 N–H and O–H groups in total. The van der Waals surface area contributed by atoms with E-state index in [-0.39, 0.29) is 28.7 Å². The van der Waals surface area contributed by atoms with Gasteiger partial charge in [0.2, 0.25) is 0 Å². The van der Waals surface area contributed by atoms with Crippen LogP contribution in [0.4, 0.5) is 0 Å². The van der Waals surface area contributed by atoms with E-state index in [0.717, 1.165) is 12.0 Å². The van der Waals surface area contributed by atoms with Crippen LogP contribution in [0.1, 0.15) is 62.5 Å². The van der Waals surface area contributed by atoms with Crippen LogP contribution in [0.25, 0.3) is 0 Å². The normalized spacial score (nSPS) is 12.0. The minimum Gasteiger partial charge on any atom is -0.507 e. The molecule has 0 amide bonds. The number of rotatable bonds is 6. The van der Waals surface area contributed by atoms with Gasteiger partial charge in [0.1, 0.15) is 23.7 Å². The molecule has 0 fully saturated rings. The Morgan fingerprint density at radius 2 is 1.65 bits per heavy atom. The Hall–Kier alpha value is -2.49. The molecule has 26 heavy (non-hydrogen) atoms. The lowest BCUT2D eigenvalue weighted by Crippen LogP contribution is -2.25. The van der Waals surface area contributed by atoms with Crippen LogP contribution in [-0.2, 0) is 12.0 Å². The first-order valence-electron chi connectivity index (χ1n) is 8.77. The molecular formula is C22H28O4. The first-order chi connectivity index (χ1) is 12.0. The highest BCUT2D eigenvalue weighted by Gasteiger charge is 2.29. The van der Waals surface area contributed by atoms with Crippen molar-refractivity contribution in [3.63, 3.8) is 0 Å². The third-order valence-corrected chi connectivity index (χ3v) is 4.31. The molecule has 0 spiro atoms. The Bertz CT molecular complexity index is 771. The molecule has 0 unspecified atom stereocenters. The van der Waals surface area contributed by atoms with Gasteiger partial charge < -0.3 is 14.9 Å². The van der Waals surface area contributed by atoms with Crippen LogP contribution in [0, 0.1) is 5.41 Å². The maximum atomic E-state index is 11.6. The topological polar surface area (TPSA) is 66.8 Å². The molecule has 0 saturated carbocycles. The van der Waals surface area contributed by atoms with E-state index in [1.54, 1.807) is 6.07 Å². The zero-order chi connectivity index (χ0) is 19.5. The summed E-state index contributed by atoms with van der Waals surface area (Å²) in [7, 11) is 0. The molecule has 0 saturated heterocycles. The fourth-order valence-corrected chi connectivity index (χ4v) is 3.46. The summed E-state index contributed by atoms with van der Waals surface area (Å²) in [6.07, 6.45) is 0.878. The summed E-state index contributed by atoms with van der Waals surface area (Å²) in [6.45, 7) is 10.8. The van der Waals surface area contributed by atoms with Gasteiger partial charge in [0.15, 0.2) is 0 Å². The number of aromatic carboxylic acids is 1. The third kappa shape index (κ3) is 5.01. The van der Waals surface area contributed by atoms with Crippen molar-refractivity contribution in [1.82, 2.24) is 0 Å². The van der Waals surface area contributed by atoms with E-state index in [0.29, 0.717) is 11.3 Å². The molecule has 0 aliphatic rings. The molecular weight excluding hydrogens is 328 g/mol. The van der Waals surface area contributed by atoms with Crippen molar-refractivity contribution >= 4 is 5.97 Å². The smallest absolute Gasteiger partial charge is 0.339 e. The Morgan fingerprint density at radius 1 is 1.04 bits per heavy atom. The number of hydrogen-bond acceptors (Lipinski definition) is 3. The largest absolute Gasteiger partial charge is 0.507 e. The number of carbonyl (C=O) groups is 1. The quantitative estimate of drug-likeness (QED) is 0.729. The predicted octanol–water partition coefficient (Wildman–Crippen LogP) is 5.38. The minimum absolute atomic E-state index is 0.0869. The summed E-state index contributed by atoms with van der Waals surface area (Å²) < 4.78 is 5.72. The number of carboxylic acid groups (broad SMARTS) is 1. The number of para-hydroxylation sites is 1. The average Bonchev–Trinajstić information content (AvgIpc) is 2.52. The second-order valence-corrected chi connectivity index (χ2v) is 8.56. The summed E-state index contributed by atoms with van der Waals surface area (Å²) in [6, 6.07) is 12.7. The Morgan fingerprint density at radius 3 is 2.19 bits per heavy atom. The molecule has 4 nitrogen and oxygen atoms in total. The van der Waals surface area contributed by atoms with Gasteiger partial charge in [-0.3, -0.25) is 0 Å².